The Morgan fingerprint density at radius 3 is 2.47 bits per heavy atom. The van der Waals surface area contributed by atoms with E-state index in [1.807, 2.05) is 26.8 Å². The lowest BCUT2D eigenvalue weighted by atomic mass is 10.0. The van der Waals surface area contributed by atoms with Crippen molar-refractivity contribution in [2.24, 2.45) is 0 Å². The van der Waals surface area contributed by atoms with Crippen LogP contribution < -0.4 is 4.74 Å². The van der Waals surface area contributed by atoms with Gasteiger partial charge in [-0.25, -0.2) is 0 Å². The van der Waals surface area contributed by atoms with Crippen molar-refractivity contribution in [2.75, 3.05) is 0 Å². The van der Waals surface area contributed by atoms with E-state index in [4.69, 9.17) is 9.84 Å². The fraction of sp³-hybridized carbons (Fsp3) is 0.467. The number of benzene rings is 1. The van der Waals surface area contributed by atoms with E-state index in [9.17, 15) is 9.59 Å². The van der Waals surface area contributed by atoms with Gasteiger partial charge in [0.05, 0.1) is 6.10 Å². The lowest BCUT2D eigenvalue weighted by Gasteiger charge is -2.12. The van der Waals surface area contributed by atoms with Gasteiger partial charge in [0.1, 0.15) is 5.75 Å². The molecule has 1 rings (SSSR count). The van der Waals surface area contributed by atoms with Crippen molar-refractivity contribution in [3.05, 3.63) is 29.3 Å². The predicted octanol–water partition coefficient (Wildman–Crippen LogP) is 3.22. The molecule has 0 radical (unpaired) electrons. The number of hydrogen-bond acceptors (Lipinski definition) is 3. The number of hydrogen-bond donors (Lipinski definition) is 1. The summed E-state index contributed by atoms with van der Waals surface area (Å²) >= 11 is 0. The maximum absolute atomic E-state index is 11.9. The molecule has 0 aromatic heterocycles. The van der Waals surface area contributed by atoms with E-state index < -0.39 is 5.97 Å². The van der Waals surface area contributed by atoms with Gasteiger partial charge >= 0.3 is 5.97 Å². The number of carboxylic acids is 1. The van der Waals surface area contributed by atoms with E-state index in [-0.39, 0.29) is 24.7 Å². The summed E-state index contributed by atoms with van der Waals surface area (Å²) in [6.07, 6.45) is 0.755. The first-order chi connectivity index (χ1) is 8.90. The first-order valence-electron chi connectivity index (χ1n) is 6.42. The van der Waals surface area contributed by atoms with Gasteiger partial charge in [-0.3, -0.25) is 9.59 Å². The largest absolute Gasteiger partial charge is 0.491 e. The Kier molecular flexibility index (Phi) is 5.55. The van der Waals surface area contributed by atoms with Crippen LogP contribution in [0.3, 0.4) is 0 Å². The smallest absolute Gasteiger partial charge is 0.303 e. The minimum Gasteiger partial charge on any atom is -0.491 e. The summed E-state index contributed by atoms with van der Waals surface area (Å²) in [5, 5.41) is 8.54. The molecule has 1 aromatic rings. The summed E-state index contributed by atoms with van der Waals surface area (Å²) in [5.41, 5.74) is 1.50. The average molecular weight is 264 g/mol. The predicted molar refractivity (Wildman–Crippen MR) is 72.8 cm³/mol. The van der Waals surface area contributed by atoms with Crippen LogP contribution in [-0.4, -0.2) is 23.0 Å². The standard InChI is InChI=1S/C15H20O4/c1-10(2)19-12-7-8-13(11(3)9-12)14(16)5-4-6-15(17)18/h7-10H,4-6H2,1-3H3,(H,17,18). The number of carboxylic acid groups (broad SMARTS) is 1. The van der Waals surface area contributed by atoms with Crippen molar-refractivity contribution < 1.29 is 19.4 Å². The molecule has 19 heavy (non-hydrogen) atoms. The third kappa shape index (κ3) is 5.12. The van der Waals surface area contributed by atoms with E-state index in [1.165, 1.54) is 0 Å². The molecule has 4 nitrogen and oxygen atoms in total. The third-order valence-electron chi connectivity index (χ3n) is 2.66. The fourth-order valence-electron chi connectivity index (χ4n) is 1.83. The van der Waals surface area contributed by atoms with Gasteiger partial charge in [-0.15, -0.1) is 0 Å². The molecule has 1 aromatic carbocycles. The topological polar surface area (TPSA) is 63.6 Å². The number of carbonyl (C=O) groups is 2. The van der Waals surface area contributed by atoms with Crippen LogP contribution in [0.15, 0.2) is 18.2 Å². The van der Waals surface area contributed by atoms with E-state index in [1.54, 1.807) is 12.1 Å². The SMILES string of the molecule is Cc1cc(OC(C)C)ccc1C(=O)CCCC(=O)O. The van der Waals surface area contributed by atoms with E-state index >= 15 is 0 Å². The molecule has 0 saturated heterocycles. The Morgan fingerprint density at radius 2 is 1.95 bits per heavy atom. The molecule has 0 fully saturated rings. The van der Waals surface area contributed by atoms with Crippen molar-refractivity contribution in [3.63, 3.8) is 0 Å². The zero-order valence-electron chi connectivity index (χ0n) is 11.6. The Morgan fingerprint density at radius 1 is 1.26 bits per heavy atom. The summed E-state index contributed by atoms with van der Waals surface area (Å²) in [6, 6.07) is 5.36. The quantitative estimate of drug-likeness (QED) is 0.768. The van der Waals surface area contributed by atoms with Gasteiger partial charge < -0.3 is 9.84 Å². The zero-order valence-corrected chi connectivity index (χ0v) is 11.6. The summed E-state index contributed by atoms with van der Waals surface area (Å²) in [7, 11) is 0. The van der Waals surface area contributed by atoms with Crippen molar-refractivity contribution in [1.29, 1.82) is 0 Å². The first-order valence-corrected chi connectivity index (χ1v) is 6.42. The maximum Gasteiger partial charge on any atom is 0.303 e. The molecular weight excluding hydrogens is 244 g/mol. The molecule has 0 unspecified atom stereocenters. The van der Waals surface area contributed by atoms with Crippen LogP contribution in [0.25, 0.3) is 0 Å². The lowest BCUT2D eigenvalue weighted by Crippen LogP contribution is -2.07. The second kappa shape index (κ2) is 6.92. The summed E-state index contributed by atoms with van der Waals surface area (Å²) in [6.45, 7) is 5.75. The van der Waals surface area contributed by atoms with Gasteiger partial charge in [0.25, 0.3) is 0 Å². The van der Waals surface area contributed by atoms with Crippen molar-refractivity contribution in [3.8, 4) is 5.75 Å². The minimum absolute atomic E-state index is 0.0187. The highest BCUT2D eigenvalue weighted by molar-refractivity contribution is 5.97. The normalized spacial score (nSPS) is 10.5. The molecule has 0 aliphatic rings. The van der Waals surface area contributed by atoms with Crippen molar-refractivity contribution in [2.45, 2.75) is 46.1 Å². The number of ketones is 1. The van der Waals surface area contributed by atoms with Crippen LogP contribution in [0.5, 0.6) is 5.75 Å². The van der Waals surface area contributed by atoms with E-state index in [0.717, 1.165) is 11.3 Å². The highest BCUT2D eigenvalue weighted by atomic mass is 16.5. The number of aliphatic carboxylic acids is 1. The van der Waals surface area contributed by atoms with Crippen LogP contribution in [0.2, 0.25) is 0 Å². The Hall–Kier alpha value is -1.84. The van der Waals surface area contributed by atoms with Crippen LogP contribution in [0.4, 0.5) is 0 Å². The Bertz CT molecular complexity index is 463. The third-order valence-corrected chi connectivity index (χ3v) is 2.66. The molecule has 0 aliphatic carbocycles. The molecule has 0 spiro atoms. The molecule has 0 bridgehead atoms. The fourth-order valence-corrected chi connectivity index (χ4v) is 1.83. The second-order valence-electron chi connectivity index (χ2n) is 4.81. The Labute approximate surface area is 113 Å². The van der Waals surface area contributed by atoms with E-state index in [2.05, 4.69) is 0 Å². The highest BCUT2D eigenvalue weighted by Gasteiger charge is 2.11. The molecule has 4 heteroatoms. The van der Waals surface area contributed by atoms with Gasteiger partial charge in [0, 0.05) is 18.4 Å². The van der Waals surface area contributed by atoms with Crippen LogP contribution in [0, 0.1) is 6.92 Å². The van der Waals surface area contributed by atoms with Crippen LogP contribution in [0.1, 0.15) is 49.0 Å². The molecule has 1 N–H and O–H groups in total. The number of aryl methyl sites for hydroxylation is 1. The van der Waals surface area contributed by atoms with Gasteiger partial charge in [-0.2, -0.15) is 0 Å². The second-order valence-corrected chi connectivity index (χ2v) is 4.81. The first kappa shape index (κ1) is 15.2. The average Bonchev–Trinajstić information content (AvgIpc) is 2.27. The monoisotopic (exact) mass is 264 g/mol. The summed E-state index contributed by atoms with van der Waals surface area (Å²) in [5.74, 6) is -0.144. The Balaban J connectivity index is 2.67. The number of ether oxygens (including phenoxy) is 1. The number of rotatable bonds is 7. The molecule has 0 amide bonds. The minimum atomic E-state index is -0.870. The van der Waals surface area contributed by atoms with E-state index in [0.29, 0.717) is 12.0 Å². The van der Waals surface area contributed by atoms with Crippen LogP contribution in [-0.2, 0) is 4.79 Å². The van der Waals surface area contributed by atoms with Gasteiger partial charge in [-0.1, -0.05) is 0 Å². The number of carbonyl (C=O) groups excluding carboxylic acids is 1. The molecule has 0 atom stereocenters. The molecular formula is C15H20O4. The molecule has 0 heterocycles. The summed E-state index contributed by atoms with van der Waals surface area (Å²) < 4.78 is 5.55. The van der Waals surface area contributed by atoms with Gasteiger partial charge in [-0.05, 0) is 51.0 Å². The lowest BCUT2D eigenvalue weighted by molar-refractivity contribution is -0.137. The summed E-state index contributed by atoms with van der Waals surface area (Å²) in [4.78, 5) is 22.4. The van der Waals surface area contributed by atoms with Crippen LogP contribution >= 0.6 is 0 Å². The van der Waals surface area contributed by atoms with Gasteiger partial charge in [0.15, 0.2) is 5.78 Å². The maximum atomic E-state index is 11.9. The highest BCUT2D eigenvalue weighted by Crippen LogP contribution is 2.20. The van der Waals surface area contributed by atoms with Gasteiger partial charge in [0.2, 0.25) is 0 Å². The zero-order chi connectivity index (χ0) is 14.4. The van der Waals surface area contributed by atoms with Crippen molar-refractivity contribution in [1.82, 2.24) is 0 Å². The molecule has 0 aliphatic heterocycles. The molecule has 0 saturated carbocycles. The molecule has 104 valence electrons. The van der Waals surface area contributed by atoms with Crippen molar-refractivity contribution >= 4 is 11.8 Å². The number of Topliss-reactive ketones (excluding diaryl/α,β-unsaturated/α-hetero) is 1.